The molecule has 1 heterocycles. The number of benzene rings is 1. The summed E-state index contributed by atoms with van der Waals surface area (Å²) in [6.07, 6.45) is 1.88. The van der Waals surface area contributed by atoms with E-state index in [-0.39, 0.29) is 6.10 Å². The van der Waals surface area contributed by atoms with Gasteiger partial charge in [0.05, 0.1) is 18.2 Å². The lowest BCUT2D eigenvalue weighted by Crippen LogP contribution is -2.07. The molecule has 5 heteroatoms. The van der Waals surface area contributed by atoms with Crippen molar-refractivity contribution in [2.75, 3.05) is 19.0 Å². The molecule has 1 aromatic carbocycles. The molecule has 1 atom stereocenters. The highest BCUT2D eigenvalue weighted by Gasteiger charge is 2.25. The zero-order chi connectivity index (χ0) is 12.4. The number of aryl methyl sites for hydroxylation is 1. The molecule has 0 fully saturated rings. The van der Waals surface area contributed by atoms with Crippen LogP contribution in [0.1, 0.15) is 23.7 Å². The number of ether oxygens (including phenoxy) is 2. The summed E-state index contributed by atoms with van der Waals surface area (Å²) in [7, 11) is 1.60. The van der Waals surface area contributed by atoms with Crippen molar-refractivity contribution in [2.45, 2.75) is 18.9 Å². The van der Waals surface area contributed by atoms with Crippen molar-refractivity contribution in [1.82, 2.24) is 0 Å². The molecule has 1 aliphatic rings. The molecule has 0 spiro atoms. The monoisotopic (exact) mass is 338 g/mol. The maximum Gasteiger partial charge on any atom is 0.139 e. The van der Waals surface area contributed by atoms with Crippen LogP contribution >= 0.6 is 39.1 Å². The molecule has 94 valence electrons. The number of hydrogen-bond donors (Lipinski definition) is 0. The Morgan fingerprint density at radius 1 is 1.47 bits per heavy atom. The van der Waals surface area contributed by atoms with Crippen LogP contribution in [0.2, 0.25) is 10.0 Å². The van der Waals surface area contributed by atoms with Gasteiger partial charge in [0.25, 0.3) is 0 Å². The molecule has 0 N–H and O–H groups in total. The Morgan fingerprint density at radius 2 is 2.24 bits per heavy atom. The van der Waals surface area contributed by atoms with Gasteiger partial charge in [0.2, 0.25) is 0 Å². The molecular formula is C12H13BrCl2O2. The number of methoxy groups -OCH3 is 1. The molecule has 0 aliphatic carbocycles. The summed E-state index contributed by atoms with van der Waals surface area (Å²) >= 11 is 16.0. The van der Waals surface area contributed by atoms with Gasteiger partial charge in [-0.05, 0) is 24.5 Å². The summed E-state index contributed by atoms with van der Waals surface area (Å²) in [5.41, 5.74) is 2.16. The van der Waals surface area contributed by atoms with Gasteiger partial charge in [0.1, 0.15) is 10.8 Å². The van der Waals surface area contributed by atoms with Crippen LogP contribution < -0.4 is 4.74 Å². The summed E-state index contributed by atoms with van der Waals surface area (Å²) in [6.45, 7) is 0.737. The largest absolute Gasteiger partial charge is 0.495 e. The van der Waals surface area contributed by atoms with Gasteiger partial charge < -0.3 is 9.47 Å². The van der Waals surface area contributed by atoms with E-state index in [1.165, 1.54) is 5.56 Å². The molecule has 0 radical (unpaired) electrons. The highest BCUT2D eigenvalue weighted by atomic mass is 79.9. The fourth-order valence-corrected chi connectivity index (χ4v) is 3.14. The van der Waals surface area contributed by atoms with E-state index < -0.39 is 0 Å². The van der Waals surface area contributed by atoms with E-state index in [2.05, 4.69) is 15.9 Å². The molecule has 0 aromatic heterocycles. The number of halogens is 3. The lowest BCUT2D eigenvalue weighted by molar-refractivity contribution is 0.0740. The van der Waals surface area contributed by atoms with Crippen LogP contribution in [0.4, 0.5) is 0 Å². The molecule has 1 unspecified atom stereocenters. The smallest absolute Gasteiger partial charge is 0.139 e. The third kappa shape index (κ3) is 2.58. The maximum atomic E-state index is 6.33. The van der Waals surface area contributed by atoms with Gasteiger partial charge in [-0.1, -0.05) is 39.1 Å². The second-order valence-corrected chi connectivity index (χ2v) is 5.30. The minimum absolute atomic E-state index is 0.0385. The van der Waals surface area contributed by atoms with Gasteiger partial charge in [0, 0.05) is 17.5 Å². The Balaban J connectivity index is 2.58. The average Bonchev–Trinajstić information content (AvgIpc) is 2.55. The molecule has 0 saturated carbocycles. The standard InChI is InChI=1S/C12H13BrCl2O2/c1-16-8-5-7-3-2-4-17-9(6-13)10(7)12(15)11(8)14/h5,9H,2-4,6H2,1H3. The zero-order valence-corrected chi connectivity index (χ0v) is 12.5. The molecule has 0 bridgehead atoms. The Bertz CT molecular complexity index is 423. The van der Waals surface area contributed by atoms with Crippen LogP contribution in [0, 0.1) is 0 Å². The van der Waals surface area contributed by atoms with Crippen molar-refractivity contribution < 1.29 is 9.47 Å². The summed E-state index contributed by atoms with van der Waals surface area (Å²) in [6, 6.07) is 1.97. The maximum absolute atomic E-state index is 6.33. The van der Waals surface area contributed by atoms with Crippen molar-refractivity contribution in [3.05, 3.63) is 27.2 Å². The van der Waals surface area contributed by atoms with E-state index in [1.807, 2.05) is 6.07 Å². The molecule has 1 aromatic rings. The van der Waals surface area contributed by atoms with Gasteiger partial charge >= 0.3 is 0 Å². The molecule has 1 aliphatic heterocycles. The van der Waals surface area contributed by atoms with E-state index in [0.717, 1.165) is 25.0 Å². The van der Waals surface area contributed by atoms with Gasteiger partial charge in [-0.25, -0.2) is 0 Å². The minimum Gasteiger partial charge on any atom is -0.495 e. The Kier molecular flexibility index (Phi) is 4.59. The van der Waals surface area contributed by atoms with Gasteiger partial charge in [0.15, 0.2) is 0 Å². The lowest BCUT2D eigenvalue weighted by atomic mass is 10.00. The summed E-state index contributed by atoms with van der Waals surface area (Å²) in [5.74, 6) is 0.630. The predicted octanol–water partition coefficient (Wildman–Crippen LogP) is 4.40. The van der Waals surface area contributed by atoms with Gasteiger partial charge in [-0.2, -0.15) is 0 Å². The van der Waals surface area contributed by atoms with Crippen LogP contribution in [0.5, 0.6) is 5.75 Å². The van der Waals surface area contributed by atoms with Crippen LogP contribution in [0.3, 0.4) is 0 Å². The minimum atomic E-state index is -0.0385. The quantitative estimate of drug-likeness (QED) is 0.743. The van der Waals surface area contributed by atoms with Crippen LogP contribution in [-0.2, 0) is 11.2 Å². The first kappa shape index (κ1) is 13.5. The van der Waals surface area contributed by atoms with E-state index in [4.69, 9.17) is 32.7 Å². The average molecular weight is 340 g/mol. The fourth-order valence-electron chi connectivity index (χ4n) is 2.06. The van der Waals surface area contributed by atoms with Crippen molar-refractivity contribution in [3.63, 3.8) is 0 Å². The van der Waals surface area contributed by atoms with Crippen LogP contribution in [-0.4, -0.2) is 19.0 Å². The van der Waals surface area contributed by atoms with Crippen LogP contribution in [0.15, 0.2) is 6.07 Å². The fraction of sp³-hybridized carbons (Fsp3) is 0.500. The number of fused-ring (bicyclic) bond motifs is 1. The molecule has 0 saturated heterocycles. The predicted molar refractivity (Wildman–Crippen MR) is 73.8 cm³/mol. The topological polar surface area (TPSA) is 18.5 Å². The second kappa shape index (κ2) is 5.79. The molecule has 0 amide bonds. The van der Waals surface area contributed by atoms with Crippen LogP contribution in [0.25, 0.3) is 0 Å². The number of rotatable bonds is 2. The molecular weight excluding hydrogens is 327 g/mol. The number of alkyl halides is 1. The van der Waals surface area contributed by atoms with E-state index in [0.29, 0.717) is 21.1 Å². The van der Waals surface area contributed by atoms with Crippen molar-refractivity contribution in [1.29, 1.82) is 0 Å². The summed E-state index contributed by atoms with van der Waals surface area (Å²) in [5, 5.41) is 1.72. The van der Waals surface area contributed by atoms with Crippen molar-refractivity contribution in [2.24, 2.45) is 0 Å². The first-order chi connectivity index (χ1) is 8.19. The van der Waals surface area contributed by atoms with E-state index in [1.54, 1.807) is 7.11 Å². The van der Waals surface area contributed by atoms with Gasteiger partial charge in [-0.3, -0.25) is 0 Å². The molecule has 2 nitrogen and oxygen atoms in total. The zero-order valence-electron chi connectivity index (χ0n) is 9.43. The SMILES string of the molecule is COc1cc2c(c(Cl)c1Cl)C(CBr)OCCC2. The number of hydrogen-bond acceptors (Lipinski definition) is 2. The van der Waals surface area contributed by atoms with E-state index >= 15 is 0 Å². The first-order valence-corrected chi connectivity index (χ1v) is 7.29. The molecule has 2 rings (SSSR count). The Morgan fingerprint density at radius 3 is 2.88 bits per heavy atom. The van der Waals surface area contributed by atoms with Crippen molar-refractivity contribution in [3.8, 4) is 5.75 Å². The third-order valence-electron chi connectivity index (χ3n) is 2.89. The highest BCUT2D eigenvalue weighted by molar-refractivity contribution is 9.09. The van der Waals surface area contributed by atoms with Gasteiger partial charge in [-0.15, -0.1) is 0 Å². The normalized spacial score (nSPS) is 19.6. The third-order valence-corrected chi connectivity index (χ3v) is 4.34. The Labute approximate surface area is 119 Å². The summed E-state index contributed by atoms with van der Waals surface area (Å²) < 4.78 is 11.0. The second-order valence-electron chi connectivity index (χ2n) is 3.90. The van der Waals surface area contributed by atoms with E-state index in [9.17, 15) is 0 Å². The molecule has 17 heavy (non-hydrogen) atoms. The summed E-state index contributed by atoms with van der Waals surface area (Å²) in [4.78, 5) is 0. The highest BCUT2D eigenvalue weighted by Crippen LogP contribution is 2.42. The lowest BCUT2D eigenvalue weighted by Gasteiger charge is -2.19. The van der Waals surface area contributed by atoms with Crippen molar-refractivity contribution >= 4 is 39.1 Å². The first-order valence-electron chi connectivity index (χ1n) is 5.41. The Hall–Kier alpha value is 0.0400.